The largest absolute Gasteiger partial charge is 0.508 e. The number of guanidine groups is 1. The molecule has 0 bridgehead atoms. The third-order valence-corrected chi connectivity index (χ3v) is 3.55. The summed E-state index contributed by atoms with van der Waals surface area (Å²) in [5, 5.41) is 18.7. The lowest BCUT2D eigenvalue weighted by Crippen LogP contribution is -2.38. The Morgan fingerprint density at radius 1 is 1.18 bits per heavy atom. The second-order valence-corrected chi connectivity index (χ2v) is 6.67. The van der Waals surface area contributed by atoms with E-state index in [1.54, 1.807) is 12.1 Å². The Hall–Kier alpha value is -1.55. The molecule has 0 saturated carbocycles. The van der Waals surface area contributed by atoms with Crippen molar-refractivity contribution in [3.63, 3.8) is 0 Å². The molecule has 0 radical (unpaired) electrons. The fourth-order valence-electron chi connectivity index (χ4n) is 2.26. The Balaban J connectivity index is 0.00000729. The summed E-state index contributed by atoms with van der Waals surface area (Å²) in [6.45, 7) is 10.6. The standard InChI is InChI=1S/C20H34N4O3.HI/c1-4-21-20(24-12-7-13-27-15-16(2)3)23-11-6-10-22-19(26)17-8-5-9-18(25)14-17;/h5,8-9,14,16,25H,4,6-7,10-13,15H2,1-3H3,(H,22,26)(H2,21,23,24);1H. The molecule has 0 heterocycles. The van der Waals surface area contributed by atoms with Crippen LogP contribution in [0.25, 0.3) is 0 Å². The van der Waals surface area contributed by atoms with Crippen LogP contribution >= 0.6 is 24.0 Å². The number of phenols is 1. The van der Waals surface area contributed by atoms with Crippen LogP contribution in [0.1, 0.15) is 44.0 Å². The lowest BCUT2D eigenvalue weighted by Gasteiger charge is -2.12. The molecule has 0 saturated heterocycles. The number of benzene rings is 1. The minimum absolute atomic E-state index is 0. The van der Waals surface area contributed by atoms with Gasteiger partial charge in [0, 0.05) is 45.0 Å². The van der Waals surface area contributed by atoms with Gasteiger partial charge in [-0.05, 0) is 43.9 Å². The molecular weight excluding hydrogens is 471 g/mol. The highest BCUT2D eigenvalue weighted by Gasteiger charge is 2.05. The first-order valence-corrected chi connectivity index (χ1v) is 9.70. The molecule has 160 valence electrons. The molecule has 0 aliphatic rings. The van der Waals surface area contributed by atoms with E-state index in [2.05, 4.69) is 34.8 Å². The van der Waals surface area contributed by atoms with Crippen molar-refractivity contribution in [2.24, 2.45) is 10.9 Å². The Morgan fingerprint density at radius 3 is 2.61 bits per heavy atom. The van der Waals surface area contributed by atoms with Gasteiger partial charge in [-0.2, -0.15) is 0 Å². The van der Waals surface area contributed by atoms with Crippen molar-refractivity contribution in [2.75, 3.05) is 39.4 Å². The number of nitrogens with one attached hydrogen (secondary N) is 3. The van der Waals surface area contributed by atoms with E-state index in [1.165, 1.54) is 12.1 Å². The van der Waals surface area contributed by atoms with Crippen molar-refractivity contribution in [1.82, 2.24) is 16.0 Å². The first-order chi connectivity index (χ1) is 13.0. The number of amides is 1. The molecule has 0 atom stereocenters. The summed E-state index contributed by atoms with van der Waals surface area (Å²) in [7, 11) is 0. The van der Waals surface area contributed by atoms with Crippen LogP contribution in [0.3, 0.4) is 0 Å². The molecule has 0 spiro atoms. The minimum Gasteiger partial charge on any atom is -0.508 e. The molecule has 1 amide bonds. The van der Waals surface area contributed by atoms with E-state index in [0.29, 0.717) is 24.6 Å². The average Bonchev–Trinajstić information content (AvgIpc) is 2.63. The van der Waals surface area contributed by atoms with Gasteiger partial charge in [0.1, 0.15) is 5.75 Å². The Labute approximate surface area is 185 Å². The predicted molar refractivity (Wildman–Crippen MR) is 125 cm³/mol. The van der Waals surface area contributed by atoms with Crippen molar-refractivity contribution < 1.29 is 14.6 Å². The Bertz CT molecular complexity index is 582. The van der Waals surface area contributed by atoms with E-state index in [1.807, 2.05) is 6.92 Å². The molecule has 1 aromatic rings. The quantitative estimate of drug-likeness (QED) is 0.151. The number of halogens is 1. The zero-order valence-corrected chi connectivity index (χ0v) is 19.5. The number of carbonyl (C=O) groups excluding carboxylic acids is 1. The minimum atomic E-state index is -0.193. The maximum Gasteiger partial charge on any atom is 0.251 e. The summed E-state index contributed by atoms with van der Waals surface area (Å²) < 4.78 is 5.56. The highest BCUT2D eigenvalue weighted by atomic mass is 127. The van der Waals surface area contributed by atoms with Gasteiger partial charge in [-0.1, -0.05) is 19.9 Å². The van der Waals surface area contributed by atoms with E-state index in [-0.39, 0.29) is 35.6 Å². The van der Waals surface area contributed by atoms with Crippen LogP contribution in [0.5, 0.6) is 5.75 Å². The van der Waals surface area contributed by atoms with Gasteiger partial charge in [0.25, 0.3) is 5.91 Å². The van der Waals surface area contributed by atoms with E-state index in [9.17, 15) is 9.90 Å². The Kier molecular flexibility index (Phi) is 15.5. The smallest absolute Gasteiger partial charge is 0.251 e. The number of hydrogen-bond acceptors (Lipinski definition) is 4. The summed E-state index contributed by atoms with van der Waals surface area (Å²) in [4.78, 5) is 16.5. The van der Waals surface area contributed by atoms with Gasteiger partial charge in [0.2, 0.25) is 0 Å². The molecule has 8 heteroatoms. The highest BCUT2D eigenvalue weighted by Crippen LogP contribution is 2.10. The van der Waals surface area contributed by atoms with Crippen molar-refractivity contribution in [3.05, 3.63) is 29.8 Å². The van der Waals surface area contributed by atoms with Crippen LogP contribution in [0, 0.1) is 5.92 Å². The summed E-state index contributed by atoms with van der Waals surface area (Å²) in [6.07, 6.45) is 1.66. The van der Waals surface area contributed by atoms with Crippen LogP contribution in [0.2, 0.25) is 0 Å². The maximum absolute atomic E-state index is 12.0. The molecule has 0 aliphatic carbocycles. The molecule has 0 aliphatic heterocycles. The first-order valence-electron chi connectivity index (χ1n) is 9.70. The van der Waals surface area contributed by atoms with Crippen molar-refractivity contribution >= 4 is 35.8 Å². The van der Waals surface area contributed by atoms with Crippen LogP contribution < -0.4 is 16.0 Å². The summed E-state index contributed by atoms with van der Waals surface area (Å²) in [5.41, 5.74) is 0.452. The summed E-state index contributed by atoms with van der Waals surface area (Å²) in [5.74, 6) is 1.23. The number of ether oxygens (including phenoxy) is 1. The number of aliphatic imine (C=N–C) groups is 1. The van der Waals surface area contributed by atoms with Gasteiger partial charge in [-0.3, -0.25) is 9.79 Å². The van der Waals surface area contributed by atoms with Gasteiger partial charge in [0.05, 0.1) is 0 Å². The SMILES string of the molecule is CCNC(=NCCCNC(=O)c1cccc(O)c1)NCCCOCC(C)C.I. The number of hydrogen-bond donors (Lipinski definition) is 4. The van der Waals surface area contributed by atoms with Crippen LogP contribution in [0.15, 0.2) is 29.3 Å². The number of phenolic OH excluding ortho intramolecular Hbond substituents is 1. The van der Waals surface area contributed by atoms with Gasteiger partial charge in [-0.25, -0.2) is 0 Å². The number of carbonyl (C=O) groups is 1. The first kappa shape index (κ1) is 26.4. The summed E-state index contributed by atoms with van der Waals surface area (Å²) >= 11 is 0. The predicted octanol–water partition coefficient (Wildman–Crippen LogP) is 2.75. The number of rotatable bonds is 12. The zero-order valence-electron chi connectivity index (χ0n) is 17.2. The molecule has 28 heavy (non-hydrogen) atoms. The van der Waals surface area contributed by atoms with E-state index < -0.39 is 0 Å². The van der Waals surface area contributed by atoms with E-state index >= 15 is 0 Å². The third kappa shape index (κ3) is 12.8. The zero-order chi connectivity index (χ0) is 19.9. The monoisotopic (exact) mass is 506 g/mol. The molecule has 1 rings (SSSR count). The van der Waals surface area contributed by atoms with Crippen molar-refractivity contribution in [3.8, 4) is 5.75 Å². The number of nitrogens with zero attached hydrogens (tertiary/aromatic N) is 1. The van der Waals surface area contributed by atoms with Gasteiger partial charge < -0.3 is 25.8 Å². The topological polar surface area (TPSA) is 95.0 Å². The lowest BCUT2D eigenvalue weighted by atomic mass is 10.2. The van der Waals surface area contributed by atoms with E-state index in [4.69, 9.17) is 4.74 Å². The molecular formula is C20H35IN4O3. The number of aromatic hydroxyl groups is 1. The second kappa shape index (κ2) is 16.4. The van der Waals surface area contributed by atoms with Crippen LogP contribution in [-0.2, 0) is 4.74 Å². The molecule has 0 fully saturated rings. The highest BCUT2D eigenvalue weighted by molar-refractivity contribution is 14.0. The fourth-order valence-corrected chi connectivity index (χ4v) is 2.26. The van der Waals surface area contributed by atoms with Gasteiger partial charge in [0.15, 0.2) is 5.96 Å². The molecule has 4 N–H and O–H groups in total. The van der Waals surface area contributed by atoms with Crippen molar-refractivity contribution in [2.45, 2.75) is 33.6 Å². The molecule has 0 unspecified atom stereocenters. The summed E-state index contributed by atoms with van der Waals surface area (Å²) in [6, 6.07) is 6.31. The third-order valence-electron chi connectivity index (χ3n) is 3.55. The fraction of sp³-hybridized carbons (Fsp3) is 0.600. The normalized spacial score (nSPS) is 11.1. The molecule has 0 aromatic heterocycles. The van der Waals surface area contributed by atoms with E-state index in [0.717, 1.165) is 45.1 Å². The van der Waals surface area contributed by atoms with Gasteiger partial charge >= 0.3 is 0 Å². The average molecular weight is 506 g/mol. The van der Waals surface area contributed by atoms with Crippen LogP contribution in [0.4, 0.5) is 0 Å². The van der Waals surface area contributed by atoms with Gasteiger partial charge in [-0.15, -0.1) is 24.0 Å². The lowest BCUT2D eigenvalue weighted by molar-refractivity contribution is 0.0953. The maximum atomic E-state index is 12.0. The van der Waals surface area contributed by atoms with Crippen LogP contribution in [-0.4, -0.2) is 56.4 Å². The molecule has 1 aromatic carbocycles. The molecule has 7 nitrogen and oxygen atoms in total. The second-order valence-electron chi connectivity index (χ2n) is 6.67. The Morgan fingerprint density at radius 2 is 1.93 bits per heavy atom. The van der Waals surface area contributed by atoms with Crippen molar-refractivity contribution in [1.29, 1.82) is 0 Å².